The molecule has 0 fully saturated rings. The average molecular weight is 557 g/mol. The fourth-order valence-corrected chi connectivity index (χ4v) is 4.41. The molecule has 0 aromatic heterocycles. The number of nitrogens with two attached hydrogens (primary N) is 1. The molecular formula is C26H26F6N4O3. The number of hydrogen-bond donors (Lipinski definition) is 2. The van der Waals surface area contributed by atoms with Gasteiger partial charge in [-0.05, 0) is 18.9 Å². The first kappa shape index (κ1) is 29.7. The van der Waals surface area contributed by atoms with E-state index in [0.29, 0.717) is 22.5 Å². The molecule has 0 saturated heterocycles. The Morgan fingerprint density at radius 3 is 2.18 bits per heavy atom. The molecule has 3 rings (SSSR count). The van der Waals surface area contributed by atoms with Gasteiger partial charge >= 0.3 is 12.4 Å². The van der Waals surface area contributed by atoms with Gasteiger partial charge in [0.2, 0.25) is 18.0 Å². The fourth-order valence-electron chi connectivity index (χ4n) is 4.41. The van der Waals surface area contributed by atoms with Crippen LogP contribution in [0.15, 0.2) is 59.6 Å². The lowest BCUT2D eigenvalue weighted by molar-refractivity contribution is -0.161. The predicted octanol–water partition coefficient (Wildman–Crippen LogP) is 4.35. The van der Waals surface area contributed by atoms with Crippen LogP contribution in [0.5, 0.6) is 0 Å². The number of halogens is 6. The number of likely N-dealkylation sites (N-methyl/N-ethyl adjacent to an activating group) is 1. The lowest BCUT2D eigenvalue weighted by Gasteiger charge is -2.27. The third kappa shape index (κ3) is 7.80. The van der Waals surface area contributed by atoms with E-state index in [2.05, 4.69) is 10.3 Å². The normalized spacial score (nSPS) is 17.5. The van der Waals surface area contributed by atoms with Gasteiger partial charge in [-0.3, -0.25) is 14.4 Å². The van der Waals surface area contributed by atoms with Crippen molar-refractivity contribution in [2.24, 2.45) is 22.6 Å². The molecule has 210 valence electrons. The van der Waals surface area contributed by atoms with Crippen LogP contribution < -0.4 is 16.0 Å². The first-order chi connectivity index (χ1) is 18.2. The van der Waals surface area contributed by atoms with Gasteiger partial charge < -0.3 is 16.0 Å². The number of para-hydroxylation sites is 1. The number of benzene rings is 2. The number of rotatable bonds is 9. The monoisotopic (exact) mass is 556 g/mol. The van der Waals surface area contributed by atoms with E-state index in [4.69, 9.17) is 5.73 Å². The van der Waals surface area contributed by atoms with E-state index in [1.807, 2.05) is 0 Å². The zero-order valence-corrected chi connectivity index (χ0v) is 20.7. The number of nitrogens with one attached hydrogen (secondary N) is 1. The highest BCUT2D eigenvalue weighted by molar-refractivity contribution is 6.20. The van der Waals surface area contributed by atoms with E-state index in [1.165, 1.54) is 11.9 Å². The van der Waals surface area contributed by atoms with Crippen LogP contribution in [0.1, 0.15) is 36.8 Å². The first-order valence-corrected chi connectivity index (χ1v) is 11.9. The number of anilines is 1. The van der Waals surface area contributed by atoms with Crippen LogP contribution in [0.4, 0.5) is 32.0 Å². The zero-order valence-electron chi connectivity index (χ0n) is 20.7. The number of carbonyl (C=O) groups excluding carboxylic acids is 3. The number of aliphatic imine (C=N–C) groups is 1. The molecule has 13 heteroatoms. The van der Waals surface area contributed by atoms with Gasteiger partial charge in [-0.2, -0.15) is 26.3 Å². The molecule has 2 aromatic carbocycles. The highest BCUT2D eigenvalue weighted by atomic mass is 19.4. The molecule has 7 nitrogen and oxygen atoms in total. The van der Waals surface area contributed by atoms with Crippen LogP contribution in [0.2, 0.25) is 0 Å². The average Bonchev–Trinajstić information content (AvgIpc) is 2.95. The summed E-state index contributed by atoms with van der Waals surface area (Å²) in [5, 5.41) is 2.27. The summed E-state index contributed by atoms with van der Waals surface area (Å²) in [6.07, 6.45) is -15.9. The second kappa shape index (κ2) is 11.9. The minimum Gasteiger partial charge on any atom is -0.369 e. The van der Waals surface area contributed by atoms with Gasteiger partial charge in [0.25, 0.3) is 5.91 Å². The molecule has 0 bridgehead atoms. The summed E-state index contributed by atoms with van der Waals surface area (Å²) in [6, 6.07) is 15.3. The number of primary amides is 1. The number of amides is 3. The molecule has 2 aromatic rings. The van der Waals surface area contributed by atoms with Crippen LogP contribution in [0.25, 0.3) is 0 Å². The quantitative estimate of drug-likeness (QED) is 0.449. The van der Waals surface area contributed by atoms with Crippen LogP contribution in [0, 0.1) is 11.8 Å². The highest BCUT2D eigenvalue weighted by Gasteiger charge is 2.43. The van der Waals surface area contributed by atoms with Gasteiger partial charge in [0.1, 0.15) is 0 Å². The minimum absolute atomic E-state index is 0.296. The van der Waals surface area contributed by atoms with Crippen molar-refractivity contribution in [1.82, 2.24) is 5.32 Å². The Labute approximate surface area is 220 Å². The predicted molar refractivity (Wildman–Crippen MR) is 131 cm³/mol. The van der Waals surface area contributed by atoms with Crippen molar-refractivity contribution in [1.29, 1.82) is 0 Å². The summed E-state index contributed by atoms with van der Waals surface area (Å²) in [7, 11) is 1.42. The number of alkyl halides is 6. The van der Waals surface area contributed by atoms with Crippen LogP contribution in [-0.4, -0.2) is 49.0 Å². The number of fused-ring (bicyclic) bond motifs is 1. The third-order valence-corrected chi connectivity index (χ3v) is 6.28. The number of nitrogens with zero attached hydrogens (tertiary/aromatic N) is 2. The van der Waals surface area contributed by atoms with Gasteiger partial charge in [0, 0.05) is 30.5 Å². The van der Waals surface area contributed by atoms with Crippen LogP contribution >= 0.6 is 0 Å². The van der Waals surface area contributed by atoms with Crippen molar-refractivity contribution in [2.75, 3.05) is 11.9 Å². The lowest BCUT2D eigenvalue weighted by atomic mass is 9.84. The molecule has 3 atom stereocenters. The standard InChI is InChI=1S/C26H26F6N4O3/c1-36-19-12-6-5-10-17(19)20(15-8-3-2-4-9-15)34-22(24(36)39)35-23(38)16(11-7-13-25(27,28)29)18(21(33)37)14-26(30,31)32/h2-6,8-10,12,16,18,22H,7,11,13-14H2,1H3,(H2,33,37)(H,35,38)/t16-,18+,22-/m1/s1. The molecule has 0 spiro atoms. The zero-order chi connectivity index (χ0) is 29.0. The first-order valence-electron chi connectivity index (χ1n) is 11.9. The Bertz CT molecular complexity index is 1230. The summed E-state index contributed by atoms with van der Waals surface area (Å²) in [6.45, 7) is 0. The van der Waals surface area contributed by atoms with Crippen LogP contribution in [-0.2, 0) is 14.4 Å². The van der Waals surface area contributed by atoms with Gasteiger partial charge in [-0.15, -0.1) is 0 Å². The molecule has 1 aliphatic rings. The maximum atomic E-state index is 13.3. The second-order valence-corrected chi connectivity index (χ2v) is 9.11. The van der Waals surface area contributed by atoms with Crippen molar-refractivity contribution < 1.29 is 40.7 Å². The second-order valence-electron chi connectivity index (χ2n) is 9.11. The summed E-state index contributed by atoms with van der Waals surface area (Å²) in [5.74, 6) is -7.51. The van der Waals surface area contributed by atoms with E-state index in [1.54, 1.807) is 54.6 Å². The van der Waals surface area contributed by atoms with E-state index >= 15 is 0 Å². The number of benzodiazepines with no additional fused rings is 1. The molecule has 0 unspecified atom stereocenters. The van der Waals surface area contributed by atoms with Crippen molar-refractivity contribution in [3.05, 3.63) is 65.7 Å². The summed E-state index contributed by atoms with van der Waals surface area (Å²) < 4.78 is 77.9. The molecule has 3 amide bonds. The molecule has 1 aliphatic heterocycles. The minimum atomic E-state index is -4.93. The van der Waals surface area contributed by atoms with Crippen molar-refractivity contribution in [3.63, 3.8) is 0 Å². The summed E-state index contributed by atoms with van der Waals surface area (Å²) in [5.41, 5.74) is 7.00. The van der Waals surface area contributed by atoms with Crippen molar-refractivity contribution in [3.8, 4) is 0 Å². The van der Waals surface area contributed by atoms with Crippen molar-refractivity contribution in [2.45, 2.75) is 44.2 Å². The molecular weight excluding hydrogens is 530 g/mol. The number of carbonyl (C=O) groups is 3. The number of hydrogen-bond acceptors (Lipinski definition) is 4. The lowest BCUT2D eigenvalue weighted by Crippen LogP contribution is -2.50. The van der Waals surface area contributed by atoms with Gasteiger partial charge in [0.15, 0.2) is 0 Å². The maximum absolute atomic E-state index is 13.3. The molecule has 0 saturated carbocycles. The van der Waals surface area contributed by atoms with Gasteiger partial charge in [0.05, 0.1) is 23.7 Å². The van der Waals surface area contributed by atoms with E-state index < -0.39 is 73.8 Å². The molecule has 3 N–H and O–H groups in total. The largest absolute Gasteiger partial charge is 0.389 e. The Kier molecular flexibility index (Phi) is 9.03. The van der Waals surface area contributed by atoms with E-state index in [9.17, 15) is 40.7 Å². The Morgan fingerprint density at radius 1 is 0.974 bits per heavy atom. The molecule has 0 radical (unpaired) electrons. The molecule has 0 aliphatic carbocycles. The molecule has 39 heavy (non-hydrogen) atoms. The van der Waals surface area contributed by atoms with Crippen LogP contribution in [0.3, 0.4) is 0 Å². The molecule has 1 heterocycles. The SMILES string of the molecule is CN1C(=O)[C@@H](NC(=O)[C@H](CCCC(F)(F)F)[C@H](CC(F)(F)F)C(N)=O)N=C(c2ccccc2)c2ccccc21. The Morgan fingerprint density at radius 2 is 1.59 bits per heavy atom. The fraction of sp³-hybridized carbons (Fsp3) is 0.385. The van der Waals surface area contributed by atoms with Gasteiger partial charge in [-0.1, -0.05) is 48.5 Å². The van der Waals surface area contributed by atoms with Gasteiger partial charge in [-0.25, -0.2) is 4.99 Å². The highest BCUT2D eigenvalue weighted by Crippen LogP contribution is 2.34. The Balaban J connectivity index is 2.00. The topological polar surface area (TPSA) is 105 Å². The Hall–Kier alpha value is -3.90. The smallest absolute Gasteiger partial charge is 0.369 e. The summed E-state index contributed by atoms with van der Waals surface area (Å²) in [4.78, 5) is 44.1. The third-order valence-electron chi connectivity index (χ3n) is 6.28. The summed E-state index contributed by atoms with van der Waals surface area (Å²) >= 11 is 0. The van der Waals surface area contributed by atoms with E-state index in [0.717, 1.165) is 0 Å². The van der Waals surface area contributed by atoms with Crippen molar-refractivity contribution >= 4 is 29.1 Å². The van der Waals surface area contributed by atoms with E-state index in [-0.39, 0.29) is 0 Å². The maximum Gasteiger partial charge on any atom is 0.389 e.